The van der Waals surface area contributed by atoms with Gasteiger partial charge in [0, 0.05) is 18.8 Å². The molecule has 2 N–H and O–H groups in total. The molecule has 4 nitrogen and oxygen atoms in total. The zero-order chi connectivity index (χ0) is 13.1. The van der Waals surface area contributed by atoms with Gasteiger partial charge in [0.15, 0.2) is 0 Å². The van der Waals surface area contributed by atoms with Crippen LogP contribution >= 0.6 is 24.8 Å². The lowest BCUT2D eigenvalue weighted by Crippen LogP contribution is -2.43. The monoisotopic (exact) mass is 346 g/mol. The van der Waals surface area contributed by atoms with E-state index in [4.69, 9.17) is 0 Å². The van der Waals surface area contributed by atoms with Gasteiger partial charge in [-0.05, 0) is 57.0 Å². The summed E-state index contributed by atoms with van der Waals surface area (Å²) in [6.07, 6.45) is 9.00. The van der Waals surface area contributed by atoms with Crippen molar-refractivity contribution in [3.05, 3.63) is 0 Å². The fourth-order valence-electron chi connectivity index (χ4n) is 3.34. The van der Waals surface area contributed by atoms with Crippen LogP contribution in [0.5, 0.6) is 0 Å². The van der Waals surface area contributed by atoms with Gasteiger partial charge in [0.2, 0.25) is 0 Å². The molecule has 0 aromatic carbocycles. The zero-order valence-corrected chi connectivity index (χ0v) is 14.6. The molecule has 20 heavy (non-hydrogen) atoms. The third kappa shape index (κ3) is 6.48. The summed E-state index contributed by atoms with van der Waals surface area (Å²) in [5, 5.41) is 6.84. The van der Waals surface area contributed by atoms with E-state index >= 15 is 0 Å². The average Bonchev–Trinajstić information content (AvgIpc) is 2.32. The van der Waals surface area contributed by atoms with E-state index in [0.29, 0.717) is 18.0 Å². The molecule has 1 saturated carbocycles. The van der Waals surface area contributed by atoms with Gasteiger partial charge in [-0.1, -0.05) is 0 Å². The molecule has 0 aromatic heterocycles. The summed E-state index contributed by atoms with van der Waals surface area (Å²) in [6, 6.07) is 0.535. The van der Waals surface area contributed by atoms with Gasteiger partial charge in [-0.3, -0.25) is 0 Å². The maximum absolute atomic E-state index is 11.1. The zero-order valence-electron chi connectivity index (χ0n) is 12.2. The normalized spacial score (nSPS) is 22.9. The molecule has 2 fully saturated rings. The SMILES string of the molecule is CS(=O)(=O)CCNC1CCC2(CCNCC2)CC1.Cl.Cl. The minimum atomic E-state index is -2.82. The van der Waals surface area contributed by atoms with E-state index < -0.39 is 9.84 Å². The second kappa shape index (κ2) is 8.79. The first kappa shape index (κ1) is 20.5. The molecule has 2 rings (SSSR count). The summed E-state index contributed by atoms with van der Waals surface area (Å²) < 4.78 is 22.1. The predicted octanol–water partition coefficient (Wildman–Crippen LogP) is 1.78. The predicted molar refractivity (Wildman–Crippen MR) is 89.0 cm³/mol. The Labute approximate surface area is 135 Å². The Morgan fingerprint density at radius 3 is 2.15 bits per heavy atom. The van der Waals surface area contributed by atoms with Gasteiger partial charge in [-0.15, -0.1) is 24.8 Å². The standard InChI is InChI=1S/C13H26N2O2S.2ClH/c1-18(16,17)11-10-15-12-2-4-13(5-3-12)6-8-14-9-7-13;;/h12,14-15H,2-11H2,1H3;2*1H. The molecule has 0 atom stereocenters. The molecule has 1 spiro atoms. The number of halogens is 2. The topological polar surface area (TPSA) is 58.2 Å². The summed E-state index contributed by atoms with van der Waals surface area (Å²) in [5.74, 6) is 0.262. The lowest BCUT2D eigenvalue weighted by Gasteiger charge is -2.43. The molecule has 1 aliphatic heterocycles. The summed E-state index contributed by atoms with van der Waals surface area (Å²) in [6.45, 7) is 2.95. The minimum Gasteiger partial charge on any atom is -0.317 e. The van der Waals surface area contributed by atoms with Gasteiger partial charge >= 0.3 is 0 Å². The van der Waals surface area contributed by atoms with Gasteiger partial charge in [0.25, 0.3) is 0 Å². The van der Waals surface area contributed by atoms with Gasteiger partial charge in [0.05, 0.1) is 5.75 Å². The van der Waals surface area contributed by atoms with Crippen molar-refractivity contribution in [3.8, 4) is 0 Å². The Morgan fingerprint density at radius 1 is 1.10 bits per heavy atom. The maximum atomic E-state index is 11.1. The Bertz CT molecular complexity index is 361. The molecule has 1 heterocycles. The van der Waals surface area contributed by atoms with Crippen molar-refractivity contribution in [2.75, 3.05) is 31.6 Å². The first-order valence-electron chi connectivity index (χ1n) is 7.11. The molecule has 0 aromatic rings. The van der Waals surface area contributed by atoms with Gasteiger partial charge < -0.3 is 10.6 Å². The molecule has 1 aliphatic carbocycles. The Balaban J connectivity index is 0.00000180. The van der Waals surface area contributed by atoms with Crippen LogP contribution < -0.4 is 10.6 Å². The number of hydrogen-bond acceptors (Lipinski definition) is 4. The molecule has 0 unspecified atom stereocenters. The molecule has 2 aliphatic rings. The Kier molecular flexibility index (Phi) is 8.98. The van der Waals surface area contributed by atoms with Crippen molar-refractivity contribution in [1.29, 1.82) is 0 Å². The molecule has 0 radical (unpaired) electrons. The second-order valence-corrected chi connectivity index (χ2v) is 8.37. The van der Waals surface area contributed by atoms with E-state index in [1.54, 1.807) is 0 Å². The fraction of sp³-hybridized carbons (Fsp3) is 1.00. The Morgan fingerprint density at radius 2 is 1.65 bits per heavy atom. The summed E-state index contributed by atoms with van der Waals surface area (Å²) >= 11 is 0. The lowest BCUT2D eigenvalue weighted by molar-refractivity contribution is 0.116. The van der Waals surface area contributed by atoms with Crippen LogP contribution in [0.3, 0.4) is 0 Å². The van der Waals surface area contributed by atoms with E-state index in [2.05, 4.69) is 10.6 Å². The number of nitrogens with one attached hydrogen (secondary N) is 2. The number of piperidine rings is 1. The fourth-order valence-corrected chi connectivity index (χ4v) is 3.83. The molecule has 7 heteroatoms. The highest BCUT2D eigenvalue weighted by atomic mass is 35.5. The van der Waals surface area contributed by atoms with E-state index in [-0.39, 0.29) is 30.6 Å². The molecule has 1 saturated heterocycles. The van der Waals surface area contributed by atoms with Crippen molar-refractivity contribution in [2.24, 2.45) is 5.41 Å². The van der Waals surface area contributed by atoms with Crippen molar-refractivity contribution in [1.82, 2.24) is 10.6 Å². The van der Waals surface area contributed by atoms with Crippen LogP contribution in [0, 0.1) is 5.41 Å². The lowest BCUT2D eigenvalue weighted by atomic mass is 9.67. The first-order chi connectivity index (χ1) is 8.49. The smallest absolute Gasteiger partial charge is 0.148 e. The highest BCUT2D eigenvalue weighted by Crippen LogP contribution is 2.43. The van der Waals surface area contributed by atoms with Gasteiger partial charge in [-0.2, -0.15) is 0 Å². The highest BCUT2D eigenvalue weighted by Gasteiger charge is 2.35. The average molecular weight is 347 g/mol. The number of rotatable bonds is 4. The molecule has 0 bridgehead atoms. The van der Waals surface area contributed by atoms with E-state index in [1.165, 1.54) is 57.9 Å². The molecular formula is C13H28Cl2N2O2S. The van der Waals surface area contributed by atoms with Crippen molar-refractivity contribution < 1.29 is 8.42 Å². The van der Waals surface area contributed by atoms with Gasteiger partial charge in [-0.25, -0.2) is 8.42 Å². The van der Waals surface area contributed by atoms with Crippen molar-refractivity contribution in [2.45, 2.75) is 44.6 Å². The highest BCUT2D eigenvalue weighted by molar-refractivity contribution is 7.90. The van der Waals surface area contributed by atoms with Crippen LogP contribution in [0.4, 0.5) is 0 Å². The quantitative estimate of drug-likeness (QED) is 0.814. The van der Waals surface area contributed by atoms with Crippen LogP contribution in [0.25, 0.3) is 0 Å². The number of sulfone groups is 1. The summed E-state index contributed by atoms with van der Waals surface area (Å²) in [7, 11) is -2.82. The van der Waals surface area contributed by atoms with Crippen LogP contribution in [0.1, 0.15) is 38.5 Å². The molecule has 0 amide bonds. The third-order valence-electron chi connectivity index (χ3n) is 4.62. The van der Waals surface area contributed by atoms with E-state index in [9.17, 15) is 8.42 Å². The first-order valence-corrected chi connectivity index (χ1v) is 9.17. The van der Waals surface area contributed by atoms with Gasteiger partial charge in [0.1, 0.15) is 9.84 Å². The van der Waals surface area contributed by atoms with Crippen LogP contribution in [-0.2, 0) is 9.84 Å². The maximum Gasteiger partial charge on any atom is 0.148 e. The largest absolute Gasteiger partial charge is 0.317 e. The Hall–Kier alpha value is 0.450. The van der Waals surface area contributed by atoms with E-state index in [1.807, 2.05) is 0 Å². The van der Waals surface area contributed by atoms with Crippen LogP contribution in [0.2, 0.25) is 0 Å². The molecule has 122 valence electrons. The summed E-state index contributed by atoms with van der Waals surface area (Å²) in [4.78, 5) is 0. The minimum absolute atomic E-state index is 0. The van der Waals surface area contributed by atoms with E-state index in [0.717, 1.165) is 0 Å². The van der Waals surface area contributed by atoms with Crippen LogP contribution in [0.15, 0.2) is 0 Å². The third-order valence-corrected chi connectivity index (χ3v) is 5.56. The number of hydrogen-bond donors (Lipinski definition) is 2. The van der Waals surface area contributed by atoms with Crippen molar-refractivity contribution in [3.63, 3.8) is 0 Å². The van der Waals surface area contributed by atoms with Crippen LogP contribution in [-0.4, -0.2) is 46.1 Å². The molecular weight excluding hydrogens is 319 g/mol. The van der Waals surface area contributed by atoms with Crippen molar-refractivity contribution >= 4 is 34.7 Å². The second-order valence-electron chi connectivity index (χ2n) is 6.11. The summed E-state index contributed by atoms with van der Waals surface area (Å²) in [5.41, 5.74) is 0.597.